The van der Waals surface area contributed by atoms with Crippen molar-refractivity contribution in [1.82, 2.24) is 0 Å². The van der Waals surface area contributed by atoms with Crippen molar-refractivity contribution in [3.05, 3.63) is 0 Å². The fraction of sp³-hybridized carbons (Fsp3) is 0.857. The molecular weight excluding hydrogens is 364 g/mol. The molecule has 2 bridgehead atoms. The fourth-order valence-electron chi connectivity index (χ4n) is 4.90. The Hall–Kier alpha value is -1.63. The zero-order chi connectivity index (χ0) is 20.5. The van der Waals surface area contributed by atoms with Gasteiger partial charge in [0.2, 0.25) is 0 Å². The van der Waals surface area contributed by atoms with Crippen LogP contribution in [0, 0.1) is 23.2 Å². The molecule has 7 nitrogen and oxygen atoms in total. The predicted octanol–water partition coefficient (Wildman–Crippen LogP) is 3.63. The molecule has 6 atom stereocenters. The van der Waals surface area contributed by atoms with Crippen LogP contribution in [0.25, 0.3) is 0 Å². The highest BCUT2D eigenvalue weighted by molar-refractivity contribution is 5.89. The molecule has 3 fully saturated rings. The van der Waals surface area contributed by atoms with Crippen molar-refractivity contribution in [2.45, 2.75) is 84.5 Å². The van der Waals surface area contributed by atoms with Gasteiger partial charge in [-0.25, -0.2) is 4.79 Å². The molecule has 0 spiro atoms. The zero-order valence-corrected chi connectivity index (χ0v) is 17.3. The number of ether oxygens (including phenoxy) is 4. The van der Waals surface area contributed by atoms with Crippen molar-refractivity contribution in [3.8, 4) is 0 Å². The summed E-state index contributed by atoms with van der Waals surface area (Å²) in [6.07, 6.45) is 3.27. The Labute approximate surface area is 166 Å². The van der Waals surface area contributed by atoms with Crippen molar-refractivity contribution < 1.29 is 33.3 Å². The fourth-order valence-corrected chi connectivity index (χ4v) is 4.90. The van der Waals surface area contributed by atoms with Crippen molar-refractivity contribution in [2.24, 2.45) is 23.2 Å². The van der Waals surface area contributed by atoms with E-state index in [1.165, 1.54) is 0 Å². The summed E-state index contributed by atoms with van der Waals surface area (Å²) in [6, 6.07) is 0. The van der Waals surface area contributed by atoms with Crippen LogP contribution < -0.4 is 0 Å². The third kappa shape index (κ3) is 4.19. The van der Waals surface area contributed by atoms with E-state index in [2.05, 4.69) is 25.5 Å². The predicted molar refractivity (Wildman–Crippen MR) is 99.3 cm³/mol. The largest absolute Gasteiger partial charge is 0.516 e. The number of fused-ring (bicyclic) bond motifs is 2. The van der Waals surface area contributed by atoms with Crippen molar-refractivity contribution in [3.63, 3.8) is 0 Å². The summed E-state index contributed by atoms with van der Waals surface area (Å²) in [4.78, 5) is 37.0. The lowest BCUT2D eigenvalue weighted by Gasteiger charge is -2.41. The van der Waals surface area contributed by atoms with E-state index in [1.54, 1.807) is 6.92 Å². The maximum absolute atomic E-state index is 13.0. The lowest BCUT2D eigenvalue weighted by atomic mass is 9.67. The van der Waals surface area contributed by atoms with Gasteiger partial charge in [-0.1, -0.05) is 20.8 Å². The normalized spacial score (nSPS) is 37.0. The molecule has 3 rings (SSSR count). The van der Waals surface area contributed by atoms with E-state index in [4.69, 9.17) is 14.2 Å². The SMILES string of the molecule is CCOC(=O)OC(=O)C1C2CCC(O2)C1C(=O)OC1CCCC(C)(C(C)C)C1. The average molecular weight is 396 g/mol. The van der Waals surface area contributed by atoms with Gasteiger partial charge in [0.05, 0.1) is 30.7 Å². The van der Waals surface area contributed by atoms with Crippen LogP contribution in [0.2, 0.25) is 0 Å². The highest BCUT2D eigenvalue weighted by Gasteiger charge is 2.57. The summed E-state index contributed by atoms with van der Waals surface area (Å²) in [6.45, 7) is 8.39. The molecule has 0 radical (unpaired) electrons. The minimum atomic E-state index is -1.04. The molecule has 2 saturated heterocycles. The molecule has 2 heterocycles. The van der Waals surface area contributed by atoms with E-state index in [9.17, 15) is 14.4 Å². The van der Waals surface area contributed by atoms with E-state index in [1.807, 2.05) is 0 Å². The molecule has 3 aliphatic rings. The minimum absolute atomic E-state index is 0.112. The van der Waals surface area contributed by atoms with E-state index in [0.29, 0.717) is 18.8 Å². The monoisotopic (exact) mass is 396 g/mol. The Morgan fingerprint density at radius 2 is 1.71 bits per heavy atom. The molecule has 6 unspecified atom stereocenters. The lowest BCUT2D eigenvalue weighted by Crippen LogP contribution is -2.43. The number of hydrogen-bond acceptors (Lipinski definition) is 7. The van der Waals surface area contributed by atoms with Crippen LogP contribution in [-0.2, 0) is 28.5 Å². The number of carbonyl (C=O) groups excluding carboxylic acids is 3. The molecule has 0 aromatic rings. The smallest absolute Gasteiger partial charge is 0.462 e. The Balaban J connectivity index is 1.66. The first-order valence-corrected chi connectivity index (χ1v) is 10.5. The maximum Gasteiger partial charge on any atom is 0.516 e. The maximum atomic E-state index is 13.0. The van der Waals surface area contributed by atoms with E-state index >= 15 is 0 Å². The summed E-state index contributed by atoms with van der Waals surface area (Å²) in [5.74, 6) is -2.19. The van der Waals surface area contributed by atoms with Gasteiger partial charge in [0.25, 0.3) is 0 Å². The molecule has 158 valence electrons. The lowest BCUT2D eigenvalue weighted by molar-refractivity contribution is -0.166. The van der Waals surface area contributed by atoms with Gasteiger partial charge >= 0.3 is 18.1 Å². The summed E-state index contributed by atoms with van der Waals surface area (Å²) >= 11 is 0. The number of hydrogen-bond donors (Lipinski definition) is 0. The molecule has 1 aliphatic carbocycles. The van der Waals surface area contributed by atoms with Crippen LogP contribution in [0.15, 0.2) is 0 Å². The van der Waals surface area contributed by atoms with Crippen LogP contribution >= 0.6 is 0 Å². The Morgan fingerprint density at radius 3 is 2.32 bits per heavy atom. The van der Waals surface area contributed by atoms with Crippen LogP contribution in [0.5, 0.6) is 0 Å². The quantitative estimate of drug-likeness (QED) is 0.518. The number of carbonyl (C=O) groups is 3. The van der Waals surface area contributed by atoms with Gasteiger partial charge in [0.1, 0.15) is 6.10 Å². The van der Waals surface area contributed by atoms with Gasteiger partial charge < -0.3 is 18.9 Å². The van der Waals surface area contributed by atoms with Gasteiger partial charge in [-0.05, 0) is 56.8 Å². The third-order valence-corrected chi connectivity index (χ3v) is 6.91. The molecule has 7 heteroatoms. The van der Waals surface area contributed by atoms with E-state index in [-0.39, 0.29) is 24.2 Å². The van der Waals surface area contributed by atoms with Crippen molar-refractivity contribution in [1.29, 1.82) is 0 Å². The second-order valence-corrected chi connectivity index (χ2v) is 8.91. The van der Waals surface area contributed by atoms with Crippen LogP contribution in [0.4, 0.5) is 4.79 Å². The Kier molecular flexibility index (Phi) is 6.32. The van der Waals surface area contributed by atoms with Crippen molar-refractivity contribution in [2.75, 3.05) is 6.61 Å². The molecule has 0 N–H and O–H groups in total. The summed E-state index contributed by atoms with van der Waals surface area (Å²) < 4.78 is 21.1. The molecule has 2 aliphatic heterocycles. The first-order chi connectivity index (χ1) is 13.2. The minimum Gasteiger partial charge on any atom is -0.462 e. The summed E-state index contributed by atoms with van der Waals surface area (Å²) in [5, 5.41) is 0. The molecule has 0 aromatic carbocycles. The van der Waals surface area contributed by atoms with Crippen LogP contribution in [-0.4, -0.2) is 43.0 Å². The molecule has 28 heavy (non-hydrogen) atoms. The second-order valence-electron chi connectivity index (χ2n) is 8.91. The van der Waals surface area contributed by atoms with Gasteiger partial charge in [0, 0.05) is 0 Å². The Morgan fingerprint density at radius 1 is 1.07 bits per heavy atom. The first-order valence-electron chi connectivity index (χ1n) is 10.5. The topological polar surface area (TPSA) is 88.1 Å². The van der Waals surface area contributed by atoms with Crippen LogP contribution in [0.1, 0.15) is 66.2 Å². The highest BCUT2D eigenvalue weighted by atomic mass is 16.7. The van der Waals surface area contributed by atoms with E-state index in [0.717, 1.165) is 25.7 Å². The number of esters is 2. The molecule has 0 aromatic heterocycles. The summed E-state index contributed by atoms with van der Waals surface area (Å²) in [5.41, 5.74) is 0.149. The van der Waals surface area contributed by atoms with Gasteiger partial charge in [-0.2, -0.15) is 0 Å². The van der Waals surface area contributed by atoms with Crippen molar-refractivity contribution >= 4 is 18.1 Å². The second kappa shape index (κ2) is 8.39. The summed E-state index contributed by atoms with van der Waals surface area (Å²) in [7, 11) is 0. The van der Waals surface area contributed by atoms with Crippen LogP contribution in [0.3, 0.4) is 0 Å². The number of rotatable bonds is 5. The first kappa shape index (κ1) is 21.1. The molecule has 0 amide bonds. The molecule has 1 saturated carbocycles. The molecular formula is C21H32O7. The standard InChI is InChI=1S/C21H32O7/c1-5-25-20(24)28-19(23)17-15-9-8-14(27-15)16(17)18(22)26-13-7-6-10-21(4,11-13)12(2)3/h12-17H,5-11H2,1-4H3. The van der Waals surface area contributed by atoms with E-state index < -0.39 is 36.0 Å². The highest BCUT2D eigenvalue weighted by Crippen LogP contribution is 2.46. The zero-order valence-electron chi connectivity index (χ0n) is 17.3. The third-order valence-electron chi connectivity index (χ3n) is 6.91. The average Bonchev–Trinajstić information content (AvgIpc) is 3.23. The van der Waals surface area contributed by atoms with Gasteiger partial charge in [-0.3, -0.25) is 9.59 Å². The van der Waals surface area contributed by atoms with Gasteiger partial charge in [-0.15, -0.1) is 0 Å². The Bertz CT molecular complexity index is 616. The van der Waals surface area contributed by atoms with Gasteiger partial charge in [0.15, 0.2) is 0 Å².